The van der Waals surface area contributed by atoms with E-state index >= 15 is 0 Å². The molecule has 2 aliphatic rings. The molecule has 1 saturated heterocycles. The third kappa shape index (κ3) is 3.32. The molecule has 1 unspecified atom stereocenters. The van der Waals surface area contributed by atoms with Crippen molar-refractivity contribution in [2.45, 2.75) is 65.1 Å². The van der Waals surface area contributed by atoms with Gasteiger partial charge in [0.2, 0.25) is 0 Å². The summed E-state index contributed by atoms with van der Waals surface area (Å²) in [5.74, 6) is -0.224. The SMILES string of the molecule is CC(C)=CCCC1(C)CCCC2(C1)OCCO2. The summed E-state index contributed by atoms with van der Waals surface area (Å²) in [6, 6.07) is 0. The summed E-state index contributed by atoms with van der Waals surface area (Å²) in [5, 5.41) is 0. The van der Waals surface area contributed by atoms with E-state index in [0.29, 0.717) is 5.41 Å². The van der Waals surface area contributed by atoms with Gasteiger partial charge in [0.25, 0.3) is 0 Å². The molecule has 0 bridgehead atoms. The smallest absolute Gasteiger partial charge is 0.169 e. The van der Waals surface area contributed by atoms with Crippen molar-refractivity contribution < 1.29 is 9.47 Å². The van der Waals surface area contributed by atoms with Crippen LogP contribution in [0.25, 0.3) is 0 Å². The van der Waals surface area contributed by atoms with E-state index in [9.17, 15) is 0 Å². The summed E-state index contributed by atoms with van der Waals surface area (Å²) in [6.07, 6.45) is 9.52. The van der Waals surface area contributed by atoms with Gasteiger partial charge in [-0.25, -0.2) is 0 Å². The minimum atomic E-state index is -0.224. The second-order valence-electron chi connectivity index (χ2n) is 6.27. The highest BCUT2D eigenvalue weighted by Gasteiger charge is 2.45. The molecule has 0 radical (unpaired) electrons. The van der Waals surface area contributed by atoms with Gasteiger partial charge in [-0.05, 0) is 44.9 Å². The third-order valence-corrected chi connectivity index (χ3v) is 4.15. The first-order valence-corrected chi connectivity index (χ1v) is 6.95. The monoisotopic (exact) mass is 238 g/mol. The Morgan fingerprint density at radius 1 is 1.18 bits per heavy atom. The van der Waals surface area contributed by atoms with E-state index in [4.69, 9.17) is 9.47 Å². The average molecular weight is 238 g/mol. The molecule has 0 aromatic rings. The van der Waals surface area contributed by atoms with Crippen LogP contribution in [0.2, 0.25) is 0 Å². The van der Waals surface area contributed by atoms with Gasteiger partial charge < -0.3 is 9.47 Å². The summed E-state index contributed by atoms with van der Waals surface area (Å²) in [5.41, 5.74) is 1.82. The molecule has 1 aliphatic carbocycles. The van der Waals surface area contributed by atoms with Gasteiger partial charge in [-0.15, -0.1) is 0 Å². The highest BCUT2D eigenvalue weighted by Crippen LogP contribution is 2.47. The van der Waals surface area contributed by atoms with Gasteiger partial charge in [-0.1, -0.05) is 18.6 Å². The van der Waals surface area contributed by atoms with Crippen molar-refractivity contribution in [2.24, 2.45) is 5.41 Å². The van der Waals surface area contributed by atoms with Crippen LogP contribution in [0.4, 0.5) is 0 Å². The maximum Gasteiger partial charge on any atom is 0.169 e. The molecule has 0 aromatic carbocycles. The summed E-state index contributed by atoms with van der Waals surface area (Å²) in [7, 11) is 0. The van der Waals surface area contributed by atoms with E-state index in [-0.39, 0.29) is 5.79 Å². The predicted molar refractivity (Wildman–Crippen MR) is 69.9 cm³/mol. The van der Waals surface area contributed by atoms with Crippen LogP contribution < -0.4 is 0 Å². The molecule has 1 saturated carbocycles. The van der Waals surface area contributed by atoms with Gasteiger partial charge in [0.15, 0.2) is 5.79 Å². The number of rotatable bonds is 3. The fourth-order valence-electron chi connectivity index (χ4n) is 3.28. The lowest BCUT2D eigenvalue weighted by molar-refractivity contribution is -0.200. The molecule has 17 heavy (non-hydrogen) atoms. The second kappa shape index (κ2) is 5.11. The molecule has 1 aliphatic heterocycles. The zero-order chi connectivity index (χ0) is 12.4. The van der Waals surface area contributed by atoms with Crippen molar-refractivity contribution >= 4 is 0 Å². The molecule has 1 spiro atoms. The fraction of sp³-hybridized carbons (Fsp3) is 0.867. The lowest BCUT2D eigenvalue weighted by Crippen LogP contribution is -2.41. The van der Waals surface area contributed by atoms with E-state index in [1.54, 1.807) is 0 Å². The van der Waals surface area contributed by atoms with Crippen molar-refractivity contribution in [3.63, 3.8) is 0 Å². The third-order valence-electron chi connectivity index (χ3n) is 4.15. The first kappa shape index (κ1) is 13.1. The maximum atomic E-state index is 5.87. The Hall–Kier alpha value is -0.340. The summed E-state index contributed by atoms with van der Waals surface area (Å²) in [4.78, 5) is 0. The van der Waals surface area contributed by atoms with E-state index in [1.165, 1.54) is 31.3 Å². The molecule has 98 valence electrons. The fourth-order valence-corrected chi connectivity index (χ4v) is 3.28. The number of ether oxygens (including phenoxy) is 2. The van der Waals surface area contributed by atoms with Crippen molar-refractivity contribution in [3.05, 3.63) is 11.6 Å². The molecule has 0 amide bonds. The number of hydrogen-bond donors (Lipinski definition) is 0. The topological polar surface area (TPSA) is 18.5 Å². The highest BCUT2D eigenvalue weighted by molar-refractivity contribution is 4.96. The molecule has 2 rings (SSSR count). The van der Waals surface area contributed by atoms with Crippen LogP contribution in [0, 0.1) is 5.41 Å². The van der Waals surface area contributed by atoms with Crippen molar-refractivity contribution in [1.82, 2.24) is 0 Å². The van der Waals surface area contributed by atoms with Crippen molar-refractivity contribution in [3.8, 4) is 0 Å². The van der Waals surface area contributed by atoms with Crippen molar-refractivity contribution in [2.75, 3.05) is 13.2 Å². The average Bonchev–Trinajstić information content (AvgIpc) is 2.65. The first-order chi connectivity index (χ1) is 8.04. The zero-order valence-corrected chi connectivity index (χ0v) is 11.6. The predicted octanol–water partition coefficient (Wildman–Crippen LogP) is 4.06. The maximum absolute atomic E-state index is 5.87. The van der Waals surface area contributed by atoms with Crippen molar-refractivity contribution in [1.29, 1.82) is 0 Å². The Balaban J connectivity index is 1.92. The van der Waals surface area contributed by atoms with Gasteiger partial charge in [-0.2, -0.15) is 0 Å². The van der Waals surface area contributed by atoms with Crippen LogP contribution in [0.15, 0.2) is 11.6 Å². The van der Waals surface area contributed by atoms with Gasteiger partial charge >= 0.3 is 0 Å². The van der Waals surface area contributed by atoms with E-state index < -0.39 is 0 Å². The van der Waals surface area contributed by atoms with Gasteiger partial charge in [0, 0.05) is 12.8 Å². The Kier molecular flexibility index (Phi) is 3.94. The minimum Gasteiger partial charge on any atom is -0.348 e. The normalized spacial score (nSPS) is 31.7. The standard InChI is InChI=1S/C15H26O2/c1-13(2)6-4-7-14(3)8-5-9-15(12-14)16-10-11-17-15/h6H,4-5,7-12H2,1-3H3. The molecule has 0 N–H and O–H groups in total. The largest absolute Gasteiger partial charge is 0.348 e. The Morgan fingerprint density at radius 3 is 2.53 bits per heavy atom. The molecular formula is C15H26O2. The Bertz CT molecular complexity index is 285. The molecule has 2 fully saturated rings. The molecule has 1 atom stereocenters. The Morgan fingerprint density at radius 2 is 1.88 bits per heavy atom. The molecule has 1 heterocycles. The lowest BCUT2D eigenvalue weighted by atomic mass is 9.70. The molecular weight excluding hydrogens is 212 g/mol. The highest BCUT2D eigenvalue weighted by atomic mass is 16.7. The van der Waals surface area contributed by atoms with Gasteiger partial charge in [0.05, 0.1) is 13.2 Å². The zero-order valence-electron chi connectivity index (χ0n) is 11.6. The second-order valence-corrected chi connectivity index (χ2v) is 6.27. The first-order valence-electron chi connectivity index (χ1n) is 6.95. The van der Waals surface area contributed by atoms with E-state index in [1.807, 2.05) is 0 Å². The van der Waals surface area contributed by atoms with Crippen LogP contribution in [0.5, 0.6) is 0 Å². The summed E-state index contributed by atoms with van der Waals surface area (Å²) in [6.45, 7) is 8.31. The minimum absolute atomic E-state index is 0.224. The van der Waals surface area contributed by atoms with Gasteiger partial charge in [0.1, 0.15) is 0 Å². The van der Waals surface area contributed by atoms with E-state index in [2.05, 4.69) is 26.8 Å². The Labute approximate surface area is 105 Å². The molecule has 2 heteroatoms. The molecule has 0 aromatic heterocycles. The van der Waals surface area contributed by atoms with Crippen LogP contribution in [-0.4, -0.2) is 19.0 Å². The van der Waals surface area contributed by atoms with E-state index in [0.717, 1.165) is 26.1 Å². The number of allylic oxidation sites excluding steroid dienone is 2. The van der Waals surface area contributed by atoms with Crippen LogP contribution in [0.3, 0.4) is 0 Å². The van der Waals surface area contributed by atoms with Crippen LogP contribution >= 0.6 is 0 Å². The lowest BCUT2D eigenvalue weighted by Gasteiger charge is -2.43. The summed E-state index contributed by atoms with van der Waals surface area (Å²) >= 11 is 0. The van der Waals surface area contributed by atoms with Crippen LogP contribution in [0.1, 0.15) is 59.3 Å². The van der Waals surface area contributed by atoms with Gasteiger partial charge in [-0.3, -0.25) is 0 Å². The van der Waals surface area contributed by atoms with Crippen LogP contribution in [-0.2, 0) is 9.47 Å². The number of hydrogen-bond acceptors (Lipinski definition) is 2. The molecule has 2 nitrogen and oxygen atoms in total. The summed E-state index contributed by atoms with van der Waals surface area (Å²) < 4.78 is 11.7. The quantitative estimate of drug-likeness (QED) is 0.690.